The Morgan fingerprint density at radius 1 is 1.67 bits per heavy atom. The summed E-state index contributed by atoms with van der Waals surface area (Å²) in [6.45, 7) is 3.58. The highest BCUT2D eigenvalue weighted by Crippen LogP contribution is 2.19. The molecule has 0 saturated carbocycles. The molecule has 0 bridgehead atoms. The van der Waals surface area contributed by atoms with Gasteiger partial charge in [0.05, 0.1) is 17.6 Å². The third-order valence-electron chi connectivity index (χ3n) is 1.41. The second-order valence-electron chi connectivity index (χ2n) is 3.12. The van der Waals surface area contributed by atoms with Gasteiger partial charge in [-0.15, -0.1) is 0 Å². The topological polar surface area (TPSA) is 71.8 Å². The van der Waals surface area contributed by atoms with Gasteiger partial charge in [-0.1, -0.05) is 0 Å². The fourth-order valence-corrected chi connectivity index (χ4v) is 1.56. The van der Waals surface area contributed by atoms with E-state index in [0.29, 0.717) is 10.2 Å². The zero-order chi connectivity index (χ0) is 9.35. The van der Waals surface area contributed by atoms with Gasteiger partial charge in [0, 0.05) is 0 Å². The normalized spacial score (nSPS) is 11.7. The second kappa shape index (κ2) is 2.99. The molecule has 0 saturated heterocycles. The summed E-state index contributed by atoms with van der Waals surface area (Å²) in [6, 6.07) is 0. The number of nitrogens with one attached hydrogen (secondary N) is 1. The van der Waals surface area contributed by atoms with E-state index in [1.807, 2.05) is 0 Å². The molecule has 0 radical (unpaired) electrons. The SMILES string of the molecule is CC(C)(N)c1nc[nH]c(=O)c1Br. The first-order chi connectivity index (χ1) is 5.43. The van der Waals surface area contributed by atoms with E-state index in [1.54, 1.807) is 13.8 Å². The van der Waals surface area contributed by atoms with Gasteiger partial charge in [0.15, 0.2) is 0 Å². The predicted octanol–water partition coefficient (Wildman–Crippen LogP) is 0.726. The minimum Gasteiger partial charge on any atom is -0.321 e. The highest BCUT2D eigenvalue weighted by Gasteiger charge is 2.20. The van der Waals surface area contributed by atoms with Gasteiger partial charge in [-0.05, 0) is 29.8 Å². The maximum Gasteiger partial charge on any atom is 0.265 e. The highest BCUT2D eigenvalue weighted by atomic mass is 79.9. The maximum atomic E-state index is 11.1. The Morgan fingerprint density at radius 2 is 2.25 bits per heavy atom. The molecule has 5 heteroatoms. The summed E-state index contributed by atoms with van der Waals surface area (Å²) < 4.78 is 0.400. The third-order valence-corrected chi connectivity index (χ3v) is 2.14. The summed E-state index contributed by atoms with van der Waals surface area (Å²) in [6.07, 6.45) is 1.34. The van der Waals surface area contributed by atoms with Crippen molar-refractivity contribution >= 4 is 15.9 Å². The largest absolute Gasteiger partial charge is 0.321 e. The van der Waals surface area contributed by atoms with Crippen molar-refractivity contribution < 1.29 is 0 Å². The Balaban J connectivity index is 3.36. The Kier molecular flexibility index (Phi) is 2.34. The Bertz CT molecular complexity index is 339. The van der Waals surface area contributed by atoms with Gasteiger partial charge in [0.25, 0.3) is 5.56 Å². The van der Waals surface area contributed by atoms with E-state index in [-0.39, 0.29) is 5.56 Å². The molecule has 0 atom stereocenters. The van der Waals surface area contributed by atoms with Crippen molar-refractivity contribution in [2.24, 2.45) is 5.73 Å². The van der Waals surface area contributed by atoms with Crippen LogP contribution in [-0.4, -0.2) is 9.97 Å². The minimum atomic E-state index is -0.604. The first kappa shape index (κ1) is 9.41. The number of H-pyrrole nitrogens is 1. The average Bonchev–Trinajstić information content (AvgIpc) is 1.92. The van der Waals surface area contributed by atoms with Crippen LogP contribution < -0.4 is 11.3 Å². The van der Waals surface area contributed by atoms with Crippen molar-refractivity contribution in [1.82, 2.24) is 9.97 Å². The summed E-state index contributed by atoms with van der Waals surface area (Å²) in [5.41, 5.74) is 5.53. The lowest BCUT2D eigenvalue weighted by Crippen LogP contribution is -2.32. The first-order valence-corrected chi connectivity index (χ1v) is 4.25. The van der Waals surface area contributed by atoms with Crippen LogP contribution in [0.2, 0.25) is 0 Å². The van der Waals surface area contributed by atoms with Crippen LogP contribution >= 0.6 is 15.9 Å². The number of rotatable bonds is 1. The van der Waals surface area contributed by atoms with Crippen molar-refractivity contribution in [2.45, 2.75) is 19.4 Å². The highest BCUT2D eigenvalue weighted by molar-refractivity contribution is 9.10. The standard InChI is InChI=1S/C7H10BrN3O/c1-7(2,9)5-4(8)6(12)11-3-10-5/h3H,9H2,1-2H3,(H,10,11,12). The van der Waals surface area contributed by atoms with Crippen LogP contribution in [0.25, 0.3) is 0 Å². The predicted molar refractivity (Wildman–Crippen MR) is 49.8 cm³/mol. The van der Waals surface area contributed by atoms with E-state index in [4.69, 9.17) is 5.73 Å². The van der Waals surface area contributed by atoms with Crippen molar-refractivity contribution in [2.75, 3.05) is 0 Å². The minimum absolute atomic E-state index is 0.210. The molecule has 1 aromatic heterocycles. The van der Waals surface area contributed by atoms with Crippen molar-refractivity contribution in [3.8, 4) is 0 Å². The lowest BCUT2D eigenvalue weighted by Gasteiger charge is -2.17. The molecule has 0 aliphatic rings. The van der Waals surface area contributed by atoms with E-state index < -0.39 is 5.54 Å². The van der Waals surface area contributed by atoms with Gasteiger partial charge >= 0.3 is 0 Å². The molecule has 0 unspecified atom stereocenters. The molecule has 4 nitrogen and oxygen atoms in total. The molecule has 66 valence electrons. The maximum absolute atomic E-state index is 11.1. The number of aromatic nitrogens is 2. The molecule has 0 fully saturated rings. The van der Waals surface area contributed by atoms with Crippen LogP contribution in [0.15, 0.2) is 15.6 Å². The number of hydrogen-bond acceptors (Lipinski definition) is 3. The average molecular weight is 232 g/mol. The summed E-state index contributed by atoms with van der Waals surface area (Å²) >= 11 is 3.13. The van der Waals surface area contributed by atoms with Gasteiger partial charge in [-0.2, -0.15) is 0 Å². The first-order valence-electron chi connectivity index (χ1n) is 3.45. The molecule has 0 aromatic carbocycles. The van der Waals surface area contributed by atoms with E-state index in [2.05, 4.69) is 25.9 Å². The number of nitrogens with zero attached hydrogens (tertiary/aromatic N) is 1. The van der Waals surface area contributed by atoms with Gasteiger partial charge in [-0.25, -0.2) is 4.98 Å². The third kappa shape index (κ3) is 1.73. The smallest absolute Gasteiger partial charge is 0.265 e. The van der Waals surface area contributed by atoms with Crippen molar-refractivity contribution in [1.29, 1.82) is 0 Å². The summed E-state index contributed by atoms with van der Waals surface area (Å²) in [7, 11) is 0. The number of aromatic amines is 1. The molecule has 1 rings (SSSR count). The van der Waals surface area contributed by atoms with E-state index in [9.17, 15) is 4.79 Å². The van der Waals surface area contributed by atoms with Crippen LogP contribution in [0.3, 0.4) is 0 Å². The molecular formula is C7H10BrN3O. The van der Waals surface area contributed by atoms with Gasteiger partial charge in [-0.3, -0.25) is 4.79 Å². The Morgan fingerprint density at radius 3 is 2.67 bits per heavy atom. The number of nitrogens with two attached hydrogens (primary N) is 1. The zero-order valence-corrected chi connectivity index (χ0v) is 8.47. The molecule has 0 amide bonds. The summed E-state index contributed by atoms with van der Waals surface area (Å²) in [5, 5.41) is 0. The van der Waals surface area contributed by atoms with Gasteiger partial charge < -0.3 is 10.7 Å². The van der Waals surface area contributed by atoms with Crippen LogP contribution in [0.4, 0.5) is 0 Å². The molecule has 0 aliphatic carbocycles. The van der Waals surface area contributed by atoms with Crippen LogP contribution in [0.5, 0.6) is 0 Å². The van der Waals surface area contributed by atoms with E-state index in [1.165, 1.54) is 6.33 Å². The molecule has 12 heavy (non-hydrogen) atoms. The monoisotopic (exact) mass is 231 g/mol. The summed E-state index contributed by atoms with van der Waals surface area (Å²) in [4.78, 5) is 17.5. The lowest BCUT2D eigenvalue weighted by atomic mass is 10.0. The fourth-order valence-electron chi connectivity index (χ4n) is 0.832. The van der Waals surface area contributed by atoms with Gasteiger partial charge in [0.2, 0.25) is 0 Å². The molecule has 3 N–H and O–H groups in total. The van der Waals surface area contributed by atoms with Crippen LogP contribution in [-0.2, 0) is 5.54 Å². The molecule has 0 spiro atoms. The quantitative estimate of drug-likeness (QED) is 0.749. The van der Waals surface area contributed by atoms with E-state index in [0.717, 1.165) is 0 Å². The second-order valence-corrected chi connectivity index (χ2v) is 3.91. The Labute approximate surface area is 78.3 Å². The number of halogens is 1. The summed E-state index contributed by atoms with van der Waals surface area (Å²) in [5.74, 6) is 0. The molecule has 1 heterocycles. The molecule has 1 aromatic rings. The molecular weight excluding hydrogens is 222 g/mol. The van der Waals surface area contributed by atoms with E-state index >= 15 is 0 Å². The zero-order valence-electron chi connectivity index (χ0n) is 6.89. The van der Waals surface area contributed by atoms with Crippen molar-refractivity contribution in [3.05, 3.63) is 26.8 Å². The molecule has 0 aliphatic heterocycles. The van der Waals surface area contributed by atoms with Crippen LogP contribution in [0, 0.1) is 0 Å². The van der Waals surface area contributed by atoms with Gasteiger partial charge in [0.1, 0.15) is 4.47 Å². The fraction of sp³-hybridized carbons (Fsp3) is 0.429. The lowest BCUT2D eigenvalue weighted by molar-refractivity contribution is 0.529. The Hall–Kier alpha value is -0.680. The number of hydrogen-bond donors (Lipinski definition) is 2. The van der Waals surface area contributed by atoms with Crippen LogP contribution in [0.1, 0.15) is 19.5 Å². The van der Waals surface area contributed by atoms with Crippen molar-refractivity contribution in [3.63, 3.8) is 0 Å².